The van der Waals surface area contributed by atoms with E-state index in [9.17, 15) is 0 Å². The van der Waals surface area contributed by atoms with Crippen molar-refractivity contribution in [3.63, 3.8) is 0 Å². The second kappa shape index (κ2) is 8.57. The smallest absolute Gasteiger partial charge is 0.193 e. The number of rotatable bonds is 7. The number of hydrogen-bond donors (Lipinski definition) is 2. The summed E-state index contributed by atoms with van der Waals surface area (Å²) in [7, 11) is 3.39. The van der Waals surface area contributed by atoms with Crippen molar-refractivity contribution >= 4 is 22.3 Å². The van der Waals surface area contributed by atoms with Gasteiger partial charge >= 0.3 is 0 Å². The summed E-state index contributed by atoms with van der Waals surface area (Å²) in [6.07, 6.45) is 3.99. The van der Waals surface area contributed by atoms with E-state index in [4.69, 9.17) is 9.47 Å². The second-order valence-corrected chi connectivity index (χ2v) is 6.61. The summed E-state index contributed by atoms with van der Waals surface area (Å²) < 4.78 is 13.1. The van der Waals surface area contributed by atoms with E-state index in [0.29, 0.717) is 19.0 Å². The Morgan fingerprint density at radius 3 is 2.96 bits per heavy atom. The summed E-state index contributed by atoms with van der Waals surface area (Å²) in [6.45, 7) is 3.23. The quantitative estimate of drug-likeness (QED) is 0.492. The molecular weight excluding hydrogens is 350 g/mol. The summed E-state index contributed by atoms with van der Waals surface area (Å²) >= 11 is 1.62. The van der Waals surface area contributed by atoms with Crippen LogP contribution < -0.4 is 20.1 Å². The molecule has 0 spiro atoms. The van der Waals surface area contributed by atoms with Crippen LogP contribution in [0.15, 0.2) is 47.0 Å². The predicted octanol–water partition coefficient (Wildman–Crippen LogP) is 2.54. The molecular formula is C18H23N5O2S. The maximum Gasteiger partial charge on any atom is 0.193 e. The molecule has 1 atom stereocenters. The lowest BCUT2D eigenvalue weighted by Gasteiger charge is -2.17. The van der Waals surface area contributed by atoms with Crippen molar-refractivity contribution in [2.45, 2.75) is 19.6 Å². The van der Waals surface area contributed by atoms with Crippen LogP contribution in [-0.2, 0) is 6.54 Å². The van der Waals surface area contributed by atoms with E-state index in [1.807, 2.05) is 53.4 Å². The van der Waals surface area contributed by atoms with Crippen LogP contribution in [0.2, 0.25) is 0 Å². The summed E-state index contributed by atoms with van der Waals surface area (Å²) in [6, 6.07) is 7.58. The lowest BCUT2D eigenvalue weighted by Crippen LogP contribution is -2.41. The number of hydrogen-bond acceptors (Lipinski definition) is 5. The fraction of sp³-hybridized carbons (Fsp3) is 0.333. The zero-order valence-electron chi connectivity index (χ0n) is 15.1. The monoisotopic (exact) mass is 373 g/mol. The molecule has 3 rings (SSSR count). The molecule has 0 aliphatic heterocycles. The molecule has 2 heterocycles. The molecule has 0 aliphatic rings. The van der Waals surface area contributed by atoms with E-state index in [1.165, 1.54) is 0 Å². The van der Waals surface area contributed by atoms with Crippen LogP contribution in [0.1, 0.15) is 12.6 Å². The first kappa shape index (κ1) is 18.1. The highest BCUT2D eigenvalue weighted by molar-refractivity contribution is 7.15. The number of aromatic nitrogens is 2. The van der Waals surface area contributed by atoms with Crippen molar-refractivity contribution < 1.29 is 9.47 Å². The van der Waals surface area contributed by atoms with Crippen molar-refractivity contribution in [3.8, 4) is 11.5 Å². The molecule has 1 unspecified atom stereocenters. The Bertz CT molecular complexity index is 845. The molecule has 1 aromatic carbocycles. The largest absolute Gasteiger partial charge is 0.497 e. The van der Waals surface area contributed by atoms with Crippen molar-refractivity contribution in [3.05, 3.63) is 47.7 Å². The van der Waals surface area contributed by atoms with Gasteiger partial charge in [0.25, 0.3) is 0 Å². The first-order valence-corrected chi connectivity index (χ1v) is 9.22. The highest BCUT2D eigenvalue weighted by Crippen LogP contribution is 2.19. The van der Waals surface area contributed by atoms with Crippen molar-refractivity contribution in [2.24, 2.45) is 4.99 Å². The fourth-order valence-corrected chi connectivity index (χ4v) is 3.16. The van der Waals surface area contributed by atoms with Gasteiger partial charge in [-0.25, -0.2) is 4.98 Å². The minimum Gasteiger partial charge on any atom is -0.497 e. The number of benzene rings is 1. The number of thiazole rings is 1. The Kier molecular flexibility index (Phi) is 5.96. The molecule has 0 fully saturated rings. The minimum absolute atomic E-state index is 0.0291. The molecule has 0 radical (unpaired) electrons. The Hall–Kier alpha value is -2.74. The van der Waals surface area contributed by atoms with Gasteiger partial charge in [0.15, 0.2) is 10.9 Å². The van der Waals surface area contributed by atoms with Crippen molar-refractivity contribution in [1.82, 2.24) is 20.0 Å². The molecule has 7 nitrogen and oxygen atoms in total. The van der Waals surface area contributed by atoms with E-state index in [1.54, 1.807) is 25.5 Å². The number of ether oxygens (including phenoxy) is 2. The Morgan fingerprint density at radius 2 is 2.19 bits per heavy atom. The van der Waals surface area contributed by atoms with Gasteiger partial charge in [0.05, 0.1) is 25.9 Å². The Balaban J connectivity index is 1.46. The predicted molar refractivity (Wildman–Crippen MR) is 104 cm³/mol. The number of imidazole rings is 1. The third-order valence-corrected chi connectivity index (χ3v) is 4.51. The third-order valence-electron chi connectivity index (χ3n) is 3.74. The van der Waals surface area contributed by atoms with E-state index in [2.05, 4.69) is 20.6 Å². The average Bonchev–Trinajstić information content (AvgIpc) is 3.23. The lowest BCUT2D eigenvalue weighted by molar-refractivity contribution is 0.223. The van der Waals surface area contributed by atoms with Crippen LogP contribution in [0.4, 0.5) is 0 Å². The molecule has 26 heavy (non-hydrogen) atoms. The molecule has 2 N–H and O–H groups in total. The van der Waals surface area contributed by atoms with Gasteiger partial charge in [0.2, 0.25) is 0 Å². The first-order valence-electron chi connectivity index (χ1n) is 8.34. The van der Waals surface area contributed by atoms with Gasteiger partial charge in [-0.05, 0) is 19.1 Å². The molecule has 138 valence electrons. The van der Waals surface area contributed by atoms with E-state index < -0.39 is 0 Å². The number of guanidine groups is 1. The number of methoxy groups -OCH3 is 1. The fourth-order valence-electron chi connectivity index (χ4n) is 2.45. The van der Waals surface area contributed by atoms with Crippen LogP contribution >= 0.6 is 11.3 Å². The number of nitrogens with zero attached hydrogens (tertiary/aromatic N) is 3. The zero-order valence-corrected chi connectivity index (χ0v) is 15.9. The molecule has 3 aromatic rings. The van der Waals surface area contributed by atoms with Crippen molar-refractivity contribution in [2.75, 3.05) is 20.7 Å². The van der Waals surface area contributed by atoms with E-state index >= 15 is 0 Å². The van der Waals surface area contributed by atoms with Gasteiger partial charge in [-0.1, -0.05) is 6.07 Å². The van der Waals surface area contributed by atoms with Crippen LogP contribution in [0.25, 0.3) is 4.96 Å². The number of aliphatic imine (C=N–C) groups is 1. The lowest BCUT2D eigenvalue weighted by atomic mass is 10.3. The maximum absolute atomic E-state index is 5.90. The van der Waals surface area contributed by atoms with Gasteiger partial charge in [0.1, 0.15) is 17.6 Å². The molecule has 0 saturated carbocycles. The van der Waals surface area contributed by atoms with Crippen LogP contribution in [0, 0.1) is 0 Å². The second-order valence-electron chi connectivity index (χ2n) is 5.74. The topological polar surface area (TPSA) is 72.2 Å². The Morgan fingerprint density at radius 1 is 1.35 bits per heavy atom. The molecule has 8 heteroatoms. The maximum atomic E-state index is 5.90. The number of fused-ring (bicyclic) bond motifs is 1. The molecule has 2 aromatic heterocycles. The highest BCUT2D eigenvalue weighted by Gasteiger charge is 2.08. The average molecular weight is 373 g/mol. The molecule has 0 saturated heterocycles. The Labute approximate surface area is 156 Å². The molecule has 0 aliphatic carbocycles. The molecule has 0 amide bonds. The van der Waals surface area contributed by atoms with E-state index in [0.717, 1.165) is 22.2 Å². The number of nitrogens with one attached hydrogen (secondary N) is 2. The zero-order chi connectivity index (χ0) is 18.4. The highest BCUT2D eigenvalue weighted by atomic mass is 32.1. The van der Waals surface area contributed by atoms with Crippen LogP contribution in [0.3, 0.4) is 0 Å². The minimum atomic E-state index is -0.0291. The van der Waals surface area contributed by atoms with Crippen LogP contribution in [-0.4, -0.2) is 42.2 Å². The van der Waals surface area contributed by atoms with Gasteiger partial charge in [-0.3, -0.25) is 9.39 Å². The summed E-state index contributed by atoms with van der Waals surface area (Å²) in [4.78, 5) is 9.77. The van der Waals surface area contributed by atoms with Gasteiger partial charge in [-0.15, -0.1) is 11.3 Å². The normalized spacial score (nSPS) is 12.8. The molecule has 0 bridgehead atoms. The first-order chi connectivity index (χ1) is 12.7. The van der Waals surface area contributed by atoms with Crippen molar-refractivity contribution in [1.29, 1.82) is 0 Å². The van der Waals surface area contributed by atoms with E-state index in [-0.39, 0.29) is 6.10 Å². The van der Waals surface area contributed by atoms with Gasteiger partial charge in [-0.2, -0.15) is 0 Å². The van der Waals surface area contributed by atoms with Gasteiger partial charge in [0, 0.05) is 30.9 Å². The third kappa shape index (κ3) is 4.66. The summed E-state index contributed by atoms with van der Waals surface area (Å²) in [5, 5.41) is 8.55. The summed E-state index contributed by atoms with van der Waals surface area (Å²) in [5.41, 5.74) is 0.973. The summed E-state index contributed by atoms with van der Waals surface area (Å²) in [5.74, 6) is 2.27. The standard InChI is InChI=1S/C18H23N5O2S/c1-13(25-16-6-4-5-15(9-16)24-3)10-20-17(19-2)21-11-14-12-23-7-8-26-18(23)22-14/h4-9,12-13H,10-11H2,1-3H3,(H2,19,20,21). The van der Waals surface area contributed by atoms with Gasteiger partial charge < -0.3 is 20.1 Å². The SMILES string of the molecule is CN=C(NCc1cn2ccsc2n1)NCC(C)Oc1cccc(OC)c1. The van der Waals surface area contributed by atoms with Crippen LogP contribution in [0.5, 0.6) is 11.5 Å².